The van der Waals surface area contributed by atoms with Crippen molar-refractivity contribution in [1.82, 2.24) is 15.5 Å². The zero-order valence-corrected chi connectivity index (χ0v) is 21.5. The summed E-state index contributed by atoms with van der Waals surface area (Å²) in [5.74, 6) is -2.74. The summed E-state index contributed by atoms with van der Waals surface area (Å²) < 4.78 is 9.80. The number of likely N-dealkylation sites (N-methyl/N-ethyl adjacent to an activating group) is 1. The molecule has 0 heterocycles. The molecule has 1 aromatic carbocycles. The van der Waals surface area contributed by atoms with E-state index < -0.39 is 54.0 Å². The van der Waals surface area contributed by atoms with E-state index in [2.05, 4.69) is 15.4 Å². The van der Waals surface area contributed by atoms with Crippen LogP contribution < -0.4 is 16.4 Å². The Balaban J connectivity index is 3.40. The molecule has 0 bridgehead atoms. The lowest BCUT2D eigenvalue weighted by Crippen LogP contribution is -2.53. The van der Waals surface area contributed by atoms with Gasteiger partial charge in [0, 0.05) is 13.0 Å². The van der Waals surface area contributed by atoms with Crippen LogP contribution >= 0.6 is 0 Å². The number of nitrogens with one attached hydrogen (secondary N) is 2. The Bertz CT molecular complexity index is 973. The van der Waals surface area contributed by atoms with Crippen molar-refractivity contribution >= 4 is 29.8 Å². The molecule has 0 aliphatic rings. The monoisotopic (exact) mass is 508 g/mol. The predicted octanol–water partition coefficient (Wildman–Crippen LogP) is 1.04. The number of aromatic hydroxyl groups is 1. The minimum Gasteiger partial charge on any atom is -0.508 e. The van der Waals surface area contributed by atoms with E-state index >= 15 is 0 Å². The molecule has 5 N–H and O–H groups in total. The van der Waals surface area contributed by atoms with Crippen molar-refractivity contribution < 1.29 is 38.6 Å². The number of rotatable bonds is 11. The number of hydrogen-bond donors (Lipinski definition) is 4. The third-order valence-corrected chi connectivity index (χ3v) is 5.02. The molecule has 1 rings (SSSR count). The van der Waals surface area contributed by atoms with Crippen molar-refractivity contribution in [1.29, 1.82) is 0 Å². The molecule has 0 spiro atoms. The molecule has 200 valence electrons. The second kappa shape index (κ2) is 13.3. The highest BCUT2D eigenvalue weighted by Gasteiger charge is 2.36. The van der Waals surface area contributed by atoms with Crippen molar-refractivity contribution in [2.24, 2.45) is 5.73 Å². The number of phenols is 1. The zero-order chi connectivity index (χ0) is 27.6. The lowest BCUT2D eigenvalue weighted by molar-refractivity contribution is -0.144. The van der Waals surface area contributed by atoms with Gasteiger partial charge in [0.05, 0.1) is 7.11 Å². The van der Waals surface area contributed by atoms with Crippen molar-refractivity contribution in [3.8, 4) is 5.75 Å². The maximum atomic E-state index is 13.6. The molecule has 1 aromatic rings. The average Bonchev–Trinajstić information content (AvgIpc) is 2.78. The molecule has 12 heteroatoms. The topological polar surface area (TPSA) is 177 Å². The van der Waals surface area contributed by atoms with Crippen LogP contribution in [0.3, 0.4) is 0 Å². The van der Waals surface area contributed by atoms with E-state index in [0.29, 0.717) is 11.1 Å². The third kappa shape index (κ3) is 9.43. The summed E-state index contributed by atoms with van der Waals surface area (Å²) in [6, 6.07) is 1.92. The lowest BCUT2D eigenvalue weighted by atomic mass is 9.99. The van der Waals surface area contributed by atoms with Crippen LogP contribution in [-0.2, 0) is 28.7 Å². The maximum absolute atomic E-state index is 13.6. The number of phenolic OH excluding ortho intramolecular Hbond substituents is 1. The first kappa shape index (κ1) is 30.2. The van der Waals surface area contributed by atoms with Crippen LogP contribution in [0.4, 0.5) is 4.79 Å². The van der Waals surface area contributed by atoms with Gasteiger partial charge >= 0.3 is 12.1 Å². The van der Waals surface area contributed by atoms with E-state index in [9.17, 15) is 29.1 Å². The molecule has 12 nitrogen and oxygen atoms in total. The van der Waals surface area contributed by atoms with E-state index in [4.69, 9.17) is 10.5 Å². The van der Waals surface area contributed by atoms with Gasteiger partial charge in [-0.15, -0.1) is 0 Å². The first-order chi connectivity index (χ1) is 16.7. The summed E-state index contributed by atoms with van der Waals surface area (Å²) in [5, 5.41) is 14.8. The van der Waals surface area contributed by atoms with Gasteiger partial charge in [0.2, 0.25) is 17.7 Å². The number of carbonyl (C=O) groups is 5. The summed E-state index contributed by atoms with van der Waals surface area (Å²) >= 11 is 0. The van der Waals surface area contributed by atoms with Crippen LogP contribution in [0.1, 0.15) is 57.7 Å². The summed E-state index contributed by atoms with van der Waals surface area (Å²) in [5.41, 5.74) is 5.22. The normalized spacial score (nSPS) is 12.6. The Morgan fingerprint density at radius 1 is 1.17 bits per heavy atom. The highest BCUT2D eigenvalue weighted by Crippen LogP contribution is 2.27. The second-order valence-corrected chi connectivity index (χ2v) is 9.07. The largest absolute Gasteiger partial charge is 0.508 e. The Kier molecular flexibility index (Phi) is 11.2. The first-order valence-corrected chi connectivity index (χ1v) is 11.4. The molecule has 36 heavy (non-hydrogen) atoms. The molecular formula is C24H36N4O8. The number of methoxy groups -OCH3 is 1. The summed E-state index contributed by atoms with van der Waals surface area (Å²) in [4.78, 5) is 63.4. The number of amides is 4. The number of nitrogens with zero attached hydrogens (tertiary/aromatic N) is 1. The van der Waals surface area contributed by atoms with Crippen molar-refractivity contribution in [2.75, 3.05) is 20.2 Å². The molecular weight excluding hydrogens is 472 g/mol. The zero-order valence-electron chi connectivity index (χ0n) is 21.5. The fraction of sp³-hybridized carbons (Fsp3) is 0.542. The van der Waals surface area contributed by atoms with E-state index in [-0.39, 0.29) is 25.1 Å². The molecule has 0 aliphatic carbocycles. The fourth-order valence-corrected chi connectivity index (χ4v) is 3.31. The van der Waals surface area contributed by atoms with Gasteiger partial charge in [0.25, 0.3) is 0 Å². The van der Waals surface area contributed by atoms with Crippen LogP contribution in [0.15, 0.2) is 18.2 Å². The Morgan fingerprint density at radius 2 is 1.81 bits per heavy atom. The Labute approximate surface area is 210 Å². The minimum atomic E-state index is -1.23. The number of primary amides is 1. The van der Waals surface area contributed by atoms with Gasteiger partial charge < -0.3 is 35.8 Å². The molecule has 2 atom stereocenters. The molecule has 0 aromatic heterocycles. The van der Waals surface area contributed by atoms with Crippen LogP contribution in [0, 0.1) is 6.92 Å². The number of hydrogen-bond acceptors (Lipinski definition) is 8. The van der Waals surface area contributed by atoms with Gasteiger partial charge in [-0.1, -0.05) is 6.07 Å². The summed E-state index contributed by atoms with van der Waals surface area (Å²) in [6.07, 6.45) is -1.22. The average molecular weight is 509 g/mol. The Hall–Kier alpha value is -3.83. The quantitative estimate of drug-likeness (QED) is 0.320. The molecule has 0 aliphatic heterocycles. The molecule has 0 saturated carbocycles. The predicted molar refractivity (Wildman–Crippen MR) is 130 cm³/mol. The van der Waals surface area contributed by atoms with Gasteiger partial charge in [0.1, 0.15) is 30.0 Å². The molecule has 4 amide bonds. The second-order valence-electron chi connectivity index (χ2n) is 9.07. The van der Waals surface area contributed by atoms with Gasteiger partial charge in [-0.05, 0) is 64.3 Å². The summed E-state index contributed by atoms with van der Waals surface area (Å²) in [7, 11) is 1.17. The SMILES string of the molecule is CCN(C(=O)C(CCC(N)=O)NC(=O)OC(C)(C)C)C(C(=O)NCC(=O)OC)c1ccc(O)c(C)c1. The van der Waals surface area contributed by atoms with Crippen LogP contribution in [0.25, 0.3) is 0 Å². The number of esters is 1. The highest BCUT2D eigenvalue weighted by atomic mass is 16.6. The van der Waals surface area contributed by atoms with Gasteiger partial charge in [-0.3, -0.25) is 19.2 Å². The number of ether oxygens (including phenoxy) is 2. The lowest BCUT2D eigenvalue weighted by Gasteiger charge is -2.33. The molecule has 0 saturated heterocycles. The standard InChI is InChI=1S/C24H36N4O8/c1-7-28(22(33)16(9-11-18(25)30)27-23(34)36-24(3,4)5)20(21(32)26-13-19(31)35-6)15-8-10-17(29)14(2)12-15/h8,10,12,16,20,29H,7,9,11,13H2,1-6H3,(H2,25,30)(H,26,32)(H,27,34). The van der Waals surface area contributed by atoms with Crippen molar-refractivity contribution in [2.45, 2.75) is 65.1 Å². The molecule has 0 fully saturated rings. The smallest absolute Gasteiger partial charge is 0.408 e. The van der Waals surface area contributed by atoms with E-state index in [1.807, 2.05) is 0 Å². The van der Waals surface area contributed by atoms with E-state index in [0.717, 1.165) is 0 Å². The highest BCUT2D eigenvalue weighted by molar-refractivity contribution is 5.93. The Morgan fingerprint density at radius 3 is 2.31 bits per heavy atom. The van der Waals surface area contributed by atoms with Crippen LogP contribution in [0.2, 0.25) is 0 Å². The van der Waals surface area contributed by atoms with Crippen LogP contribution in [-0.4, -0.2) is 71.6 Å². The maximum Gasteiger partial charge on any atom is 0.408 e. The van der Waals surface area contributed by atoms with Gasteiger partial charge in [-0.25, -0.2) is 4.79 Å². The van der Waals surface area contributed by atoms with Gasteiger partial charge in [-0.2, -0.15) is 0 Å². The third-order valence-electron chi connectivity index (χ3n) is 5.02. The van der Waals surface area contributed by atoms with Crippen molar-refractivity contribution in [3.63, 3.8) is 0 Å². The summed E-state index contributed by atoms with van der Waals surface area (Å²) in [6.45, 7) is 7.80. The molecule has 0 radical (unpaired) electrons. The number of benzene rings is 1. The first-order valence-electron chi connectivity index (χ1n) is 11.4. The fourth-order valence-electron chi connectivity index (χ4n) is 3.31. The number of carbonyl (C=O) groups excluding carboxylic acids is 5. The number of alkyl carbamates (subject to hydrolysis) is 1. The molecule has 2 unspecified atom stereocenters. The van der Waals surface area contributed by atoms with E-state index in [1.54, 1.807) is 34.6 Å². The van der Waals surface area contributed by atoms with Crippen LogP contribution in [0.5, 0.6) is 5.75 Å². The number of nitrogens with two attached hydrogens (primary N) is 1. The minimum absolute atomic E-state index is 0.00669. The number of aryl methyl sites for hydroxylation is 1. The van der Waals surface area contributed by atoms with Crippen molar-refractivity contribution in [3.05, 3.63) is 29.3 Å². The van der Waals surface area contributed by atoms with E-state index in [1.165, 1.54) is 30.2 Å². The van der Waals surface area contributed by atoms with Gasteiger partial charge in [0.15, 0.2) is 0 Å².